The lowest BCUT2D eigenvalue weighted by Crippen LogP contribution is -2.24. The fourth-order valence-corrected chi connectivity index (χ4v) is 3.40. The summed E-state index contributed by atoms with van der Waals surface area (Å²) in [6.45, 7) is 0.427. The number of aromatic nitrogens is 1. The maximum atomic E-state index is 6.06. The lowest BCUT2D eigenvalue weighted by atomic mass is 9.90. The number of fused-ring (bicyclic) bond motifs is 1. The average Bonchev–Trinajstić information content (AvgIpc) is 2.80. The Morgan fingerprint density at radius 1 is 1.29 bits per heavy atom. The van der Waals surface area contributed by atoms with Crippen molar-refractivity contribution in [2.45, 2.75) is 32.2 Å². The molecule has 0 spiro atoms. The molecule has 1 aliphatic rings. The van der Waals surface area contributed by atoms with Crippen LogP contribution in [0, 0.1) is 0 Å². The van der Waals surface area contributed by atoms with Gasteiger partial charge in [0.2, 0.25) is 0 Å². The van der Waals surface area contributed by atoms with Gasteiger partial charge in [0, 0.05) is 18.4 Å². The van der Waals surface area contributed by atoms with Gasteiger partial charge in [-0.05, 0) is 48.9 Å². The largest absolute Gasteiger partial charge is 0.370 e. The second-order valence-corrected chi connectivity index (χ2v) is 6.58. The zero-order chi connectivity index (χ0) is 16.4. The third-order valence-electron chi connectivity index (χ3n) is 4.29. The smallest absolute Gasteiger partial charge is 0.193 e. The molecule has 1 aromatic carbocycles. The first kappa shape index (κ1) is 19.4. The van der Waals surface area contributed by atoms with Gasteiger partial charge in [-0.15, -0.1) is 24.0 Å². The Balaban J connectivity index is 0.00000208. The van der Waals surface area contributed by atoms with Crippen molar-refractivity contribution in [3.63, 3.8) is 0 Å². The number of hydrogen-bond donors (Lipinski definition) is 2. The molecule has 3 rings (SSSR count). The molecule has 1 aliphatic carbocycles. The molecule has 2 aromatic rings. The van der Waals surface area contributed by atoms with Crippen LogP contribution in [0.5, 0.6) is 0 Å². The van der Waals surface area contributed by atoms with E-state index < -0.39 is 0 Å². The van der Waals surface area contributed by atoms with E-state index in [9.17, 15) is 0 Å². The Bertz CT molecular complexity index is 755. The van der Waals surface area contributed by atoms with E-state index in [1.807, 2.05) is 17.7 Å². The molecule has 3 N–H and O–H groups in total. The number of nitrogens with one attached hydrogen (secondary N) is 1. The molecule has 24 heavy (non-hydrogen) atoms. The van der Waals surface area contributed by atoms with Crippen LogP contribution in [0.1, 0.15) is 29.7 Å². The van der Waals surface area contributed by atoms with Crippen molar-refractivity contribution in [3.05, 3.63) is 51.3 Å². The quantitative estimate of drug-likeness (QED) is 0.379. The number of halogens is 3. The number of aryl methyl sites for hydroxylation is 1. The summed E-state index contributed by atoms with van der Waals surface area (Å²) in [6.07, 6.45) is 4.72. The molecule has 1 aromatic heterocycles. The molecular weight excluding hydrogens is 458 g/mol. The van der Waals surface area contributed by atoms with Crippen LogP contribution in [0.4, 0.5) is 5.69 Å². The molecule has 0 amide bonds. The maximum Gasteiger partial charge on any atom is 0.193 e. The van der Waals surface area contributed by atoms with Gasteiger partial charge in [0.15, 0.2) is 5.96 Å². The van der Waals surface area contributed by atoms with E-state index in [0.717, 1.165) is 24.2 Å². The van der Waals surface area contributed by atoms with Gasteiger partial charge >= 0.3 is 0 Å². The number of nitrogens with two attached hydrogens (primary N) is 1. The highest BCUT2D eigenvalue weighted by Gasteiger charge is 2.13. The van der Waals surface area contributed by atoms with Crippen molar-refractivity contribution < 1.29 is 0 Å². The van der Waals surface area contributed by atoms with Crippen molar-refractivity contribution in [3.8, 4) is 0 Å². The van der Waals surface area contributed by atoms with E-state index in [1.54, 1.807) is 0 Å². The van der Waals surface area contributed by atoms with Crippen molar-refractivity contribution in [1.29, 1.82) is 0 Å². The van der Waals surface area contributed by atoms with Crippen molar-refractivity contribution in [2.75, 3.05) is 5.32 Å². The third-order valence-corrected chi connectivity index (χ3v) is 5.13. The predicted molar refractivity (Wildman–Crippen MR) is 113 cm³/mol. The summed E-state index contributed by atoms with van der Waals surface area (Å²) < 4.78 is 1.81. The number of aliphatic imine (C=N–C) groups is 1. The number of benzene rings is 1. The summed E-state index contributed by atoms with van der Waals surface area (Å²) >= 11 is 12.1. The van der Waals surface area contributed by atoms with Crippen molar-refractivity contribution in [2.24, 2.45) is 17.8 Å². The molecule has 0 unspecified atom stereocenters. The number of hydrogen-bond acceptors (Lipinski definition) is 1. The van der Waals surface area contributed by atoms with Gasteiger partial charge in [-0.2, -0.15) is 0 Å². The summed E-state index contributed by atoms with van der Waals surface area (Å²) in [7, 11) is 1.86. The van der Waals surface area contributed by atoms with Crippen LogP contribution in [0.2, 0.25) is 10.2 Å². The highest BCUT2D eigenvalue weighted by molar-refractivity contribution is 14.0. The Hall–Kier alpha value is -0.920. The van der Waals surface area contributed by atoms with Crippen molar-refractivity contribution in [1.82, 2.24) is 4.57 Å². The lowest BCUT2D eigenvalue weighted by molar-refractivity contribution is 0.687. The minimum absolute atomic E-state index is 0. The van der Waals surface area contributed by atoms with Crippen LogP contribution in [0.15, 0.2) is 29.3 Å². The Morgan fingerprint density at radius 3 is 2.75 bits per heavy atom. The first-order chi connectivity index (χ1) is 11.1. The van der Waals surface area contributed by atoms with Crippen LogP contribution in [-0.4, -0.2) is 10.5 Å². The van der Waals surface area contributed by atoms with Crippen LogP contribution < -0.4 is 11.1 Å². The molecule has 4 nitrogen and oxygen atoms in total. The van der Waals surface area contributed by atoms with E-state index in [0.29, 0.717) is 22.7 Å². The van der Waals surface area contributed by atoms with Crippen LogP contribution in [0.3, 0.4) is 0 Å². The SMILES string of the molecule is Cn1c(CN=C(N)Nc2cccc3c2CCCC3)cc(Cl)c1Cl.I. The summed E-state index contributed by atoms with van der Waals surface area (Å²) in [4.78, 5) is 4.40. The standard InChI is InChI=1S/C17H20Cl2N4.HI/c1-23-12(9-14(18)16(23)19)10-21-17(20)22-15-8-4-6-11-5-2-3-7-13(11)15;/h4,6,8-9H,2-3,5,7,10H2,1H3,(H3,20,21,22);1H. The summed E-state index contributed by atoms with van der Waals surface area (Å²) in [6, 6.07) is 8.13. The molecule has 130 valence electrons. The molecule has 0 saturated carbocycles. The lowest BCUT2D eigenvalue weighted by Gasteiger charge is -2.19. The zero-order valence-corrected chi connectivity index (χ0v) is 17.3. The molecule has 0 fully saturated rings. The highest BCUT2D eigenvalue weighted by Crippen LogP contribution is 2.28. The first-order valence-corrected chi connectivity index (χ1v) is 8.49. The predicted octanol–water partition coefficient (Wildman–Crippen LogP) is 4.76. The van der Waals surface area contributed by atoms with E-state index in [-0.39, 0.29) is 24.0 Å². The Kier molecular flexibility index (Phi) is 6.83. The normalized spacial score (nSPS) is 14.0. The van der Waals surface area contributed by atoms with Gasteiger partial charge in [0.25, 0.3) is 0 Å². The van der Waals surface area contributed by atoms with Gasteiger partial charge in [0.05, 0.1) is 11.6 Å². The molecule has 0 saturated heterocycles. The molecule has 0 aliphatic heterocycles. The van der Waals surface area contributed by atoms with E-state index in [1.165, 1.54) is 24.0 Å². The van der Waals surface area contributed by atoms with Crippen LogP contribution in [0.25, 0.3) is 0 Å². The number of anilines is 1. The van der Waals surface area contributed by atoms with Gasteiger partial charge < -0.3 is 15.6 Å². The molecule has 0 bridgehead atoms. The van der Waals surface area contributed by atoms with E-state index in [2.05, 4.69) is 28.5 Å². The maximum absolute atomic E-state index is 6.06. The second-order valence-electron chi connectivity index (χ2n) is 5.81. The zero-order valence-electron chi connectivity index (χ0n) is 13.5. The van der Waals surface area contributed by atoms with Crippen molar-refractivity contribution >= 4 is 58.8 Å². The molecule has 0 radical (unpaired) electrons. The van der Waals surface area contributed by atoms with Crippen LogP contribution >= 0.6 is 47.2 Å². The monoisotopic (exact) mass is 478 g/mol. The highest BCUT2D eigenvalue weighted by atomic mass is 127. The van der Waals surface area contributed by atoms with Gasteiger partial charge in [-0.1, -0.05) is 35.3 Å². The number of nitrogens with zero attached hydrogens (tertiary/aromatic N) is 2. The molecule has 1 heterocycles. The van der Waals surface area contributed by atoms with E-state index >= 15 is 0 Å². The van der Waals surface area contributed by atoms with Gasteiger partial charge in [-0.3, -0.25) is 0 Å². The number of rotatable bonds is 3. The molecule has 7 heteroatoms. The second kappa shape index (κ2) is 8.45. The summed E-state index contributed by atoms with van der Waals surface area (Å²) in [5, 5.41) is 4.28. The van der Waals surface area contributed by atoms with E-state index in [4.69, 9.17) is 28.9 Å². The topological polar surface area (TPSA) is 55.3 Å². The first-order valence-electron chi connectivity index (χ1n) is 7.73. The van der Waals surface area contributed by atoms with Crippen LogP contribution in [-0.2, 0) is 26.4 Å². The average molecular weight is 479 g/mol. The Labute approximate surface area is 169 Å². The minimum Gasteiger partial charge on any atom is -0.370 e. The molecular formula is C17H21Cl2IN4. The van der Waals surface area contributed by atoms with Gasteiger partial charge in [0.1, 0.15) is 5.15 Å². The Morgan fingerprint density at radius 2 is 2.04 bits per heavy atom. The summed E-state index contributed by atoms with van der Waals surface area (Å²) in [5.74, 6) is 0.400. The minimum atomic E-state index is 0. The fourth-order valence-electron chi connectivity index (χ4n) is 2.98. The molecule has 0 atom stereocenters. The third kappa shape index (κ3) is 4.18. The van der Waals surface area contributed by atoms with Gasteiger partial charge in [-0.25, -0.2) is 4.99 Å². The number of guanidine groups is 1. The summed E-state index contributed by atoms with van der Waals surface area (Å²) in [5.41, 5.74) is 10.8. The fraction of sp³-hybridized carbons (Fsp3) is 0.353.